The molecule has 5 aliphatic rings. The highest BCUT2D eigenvalue weighted by atomic mass is 32.1. The number of methoxy groups -OCH3 is 2. The Morgan fingerprint density at radius 3 is 2.42 bits per heavy atom. The van der Waals surface area contributed by atoms with Gasteiger partial charge in [0.1, 0.15) is 11.5 Å². The van der Waals surface area contributed by atoms with E-state index in [9.17, 15) is 19.8 Å². The highest BCUT2D eigenvalue weighted by molar-refractivity contribution is 7.21. The number of fused-ring (bicyclic) bond motifs is 11. The van der Waals surface area contributed by atoms with Crippen molar-refractivity contribution in [2.45, 2.75) is 122 Å². The van der Waals surface area contributed by atoms with Gasteiger partial charge in [-0.25, -0.2) is 0 Å². The van der Waals surface area contributed by atoms with Gasteiger partial charge in [-0.15, -0.1) is 11.3 Å². The fraction of sp³-hybridized carbons (Fsp3) is 0.500. The summed E-state index contributed by atoms with van der Waals surface area (Å²) in [5, 5.41) is 25.6. The lowest BCUT2D eigenvalue weighted by molar-refractivity contribution is -0.178. The van der Waals surface area contributed by atoms with Crippen LogP contribution in [0.4, 0.5) is 0 Å². The number of thiophene rings is 1. The van der Waals surface area contributed by atoms with Gasteiger partial charge in [0.2, 0.25) is 5.78 Å². The molecule has 2 heterocycles. The Kier molecular flexibility index (Phi) is 10.9. The van der Waals surface area contributed by atoms with Crippen molar-refractivity contribution < 1.29 is 38.8 Å². The number of carbonyl (C=O) groups excluding carboxylic acids is 3. The van der Waals surface area contributed by atoms with Crippen molar-refractivity contribution in [1.29, 1.82) is 0 Å². The highest BCUT2D eigenvalue weighted by Gasteiger charge is 2.76. The Morgan fingerprint density at radius 1 is 0.933 bits per heavy atom. The number of rotatable bonds is 9. The molecular formula is C50H59NO8S. The van der Waals surface area contributed by atoms with E-state index in [1.165, 1.54) is 16.9 Å². The van der Waals surface area contributed by atoms with Gasteiger partial charge in [-0.05, 0) is 124 Å². The molecule has 10 heteroatoms. The topological polar surface area (TPSA) is 123 Å². The van der Waals surface area contributed by atoms with Crippen molar-refractivity contribution in [2.75, 3.05) is 20.8 Å². The normalized spacial score (nSPS) is 29.8. The first-order chi connectivity index (χ1) is 28.5. The van der Waals surface area contributed by atoms with Crippen molar-refractivity contribution in [3.63, 3.8) is 0 Å². The maximum absolute atomic E-state index is 15.5. The van der Waals surface area contributed by atoms with Gasteiger partial charge < -0.3 is 29.3 Å². The van der Waals surface area contributed by atoms with Gasteiger partial charge in [0.25, 0.3) is 5.91 Å². The van der Waals surface area contributed by atoms with Crippen LogP contribution in [-0.2, 0) is 27.3 Å². The van der Waals surface area contributed by atoms with Crippen LogP contribution >= 0.6 is 11.3 Å². The van der Waals surface area contributed by atoms with E-state index >= 15 is 4.79 Å². The van der Waals surface area contributed by atoms with Crippen LogP contribution in [0.5, 0.6) is 11.5 Å². The number of hydrogen-bond donors (Lipinski definition) is 2. The van der Waals surface area contributed by atoms with Crippen molar-refractivity contribution in [3.05, 3.63) is 106 Å². The number of ether oxygens (including phenoxy) is 3. The van der Waals surface area contributed by atoms with Crippen LogP contribution in [0, 0.1) is 16.2 Å². The largest absolute Gasteiger partial charge is 0.497 e. The molecule has 4 bridgehead atoms. The maximum Gasteiger partial charge on any atom is 0.313 e. The summed E-state index contributed by atoms with van der Waals surface area (Å²) >= 11 is 1.48. The SMILES string of the molecule is COc1ccc(CN(CC2(O)CCC3c4ccc(cc4C(=O)c4cc5ccccc5s4)CC(O)CCC(C)=CCCC32C)C(=O)C23CCC(C)(C(=O)O2)C3(C)C)c(OC)c1. The summed E-state index contributed by atoms with van der Waals surface area (Å²) in [5.41, 5.74) is -0.972. The highest BCUT2D eigenvalue weighted by Crippen LogP contribution is 2.66. The Hall–Kier alpha value is -4.51. The number of aliphatic hydroxyl groups excluding tert-OH is 1. The van der Waals surface area contributed by atoms with Gasteiger partial charge in [-0.1, -0.05) is 62.8 Å². The van der Waals surface area contributed by atoms with E-state index in [4.69, 9.17) is 14.2 Å². The molecule has 1 amide bonds. The predicted octanol–water partition coefficient (Wildman–Crippen LogP) is 9.34. The van der Waals surface area contributed by atoms with Gasteiger partial charge in [0.05, 0.1) is 42.8 Å². The second-order valence-corrected chi connectivity index (χ2v) is 20.0. The number of nitrogens with zero attached hydrogens (tertiary/aromatic N) is 1. The van der Waals surface area contributed by atoms with Gasteiger partial charge in [-0.2, -0.15) is 0 Å². The Bertz CT molecular complexity index is 2350. The maximum atomic E-state index is 15.5. The number of ketones is 1. The van der Waals surface area contributed by atoms with Gasteiger partial charge in [-0.3, -0.25) is 14.4 Å². The third-order valence-electron chi connectivity index (χ3n) is 15.6. The number of amides is 1. The molecule has 0 spiro atoms. The zero-order valence-electron chi connectivity index (χ0n) is 36.1. The zero-order chi connectivity index (χ0) is 42.8. The van der Waals surface area contributed by atoms with Crippen molar-refractivity contribution in [3.8, 4) is 11.5 Å². The summed E-state index contributed by atoms with van der Waals surface area (Å²) in [4.78, 5) is 46.2. The molecule has 1 aliphatic heterocycles. The summed E-state index contributed by atoms with van der Waals surface area (Å²) in [6.45, 7) is 10.1. The van der Waals surface area contributed by atoms with E-state index in [1.54, 1.807) is 25.2 Å². The lowest BCUT2D eigenvalue weighted by atomic mass is 9.64. The van der Waals surface area contributed by atoms with Gasteiger partial charge in [0, 0.05) is 39.3 Å². The van der Waals surface area contributed by atoms with Crippen LogP contribution < -0.4 is 9.47 Å². The standard InChI is InChI=1S/C50H59NO8S/c1-31-11-10-21-47(4)39(37-19-15-32(25-35(52)17-14-31)26-38(37)43(53)42-27-33-12-8-9-13-41(33)60-42)20-22-49(47,56)30-51(29-34-16-18-36(57-6)28-40(34)58-7)44(54)50-24-23-48(5,45(55)59-50)46(50,2)3/h8-9,11-13,15-16,18-19,26-28,35,39,52,56H,10,14,17,20-25,29-30H2,1-7H3. The minimum Gasteiger partial charge on any atom is -0.497 e. The molecule has 60 heavy (non-hydrogen) atoms. The lowest BCUT2D eigenvalue weighted by Crippen LogP contribution is -2.60. The molecule has 9 rings (SSSR count). The summed E-state index contributed by atoms with van der Waals surface area (Å²) < 4.78 is 18.6. The van der Waals surface area contributed by atoms with Crippen molar-refractivity contribution >= 4 is 39.1 Å². The third-order valence-corrected chi connectivity index (χ3v) is 16.7. The molecule has 4 aliphatic carbocycles. The number of carbonyl (C=O) groups is 3. The van der Waals surface area contributed by atoms with Crippen molar-refractivity contribution in [1.82, 2.24) is 4.90 Å². The van der Waals surface area contributed by atoms with E-state index in [0.29, 0.717) is 73.3 Å². The molecule has 1 aromatic heterocycles. The van der Waals surface area contributed by atoms with E-state index < -0.39 is 33.6 Å². The molecule has 3 fully saturated rings. The molecule has 6 unspecified atom stereocenters. The number of benzene rings is 3. The van der Waals surface area contributed by atoms with Gasteiger partial charge >= 0.3 is 5.97 Å². The molecule has 1 saturated heterocycles. The summed E-state index contributed by atoms with van der Waals surface area (Å²) in [7, 11) is 3.17. The monoisotopic (exact) mass is 833 g/mol. The first-order valence-electron chi connectivity index (χ1n) is 21.4. The van der Waals surface area contributed by atoms with E-state index in [2.05, 4.69) is 19.9 Å². The summed E-state index contributed by atoms with van der Waals surface area (Å²) in [5.74, 6) is 0.159. The number of allylic oxidation sites excluding steroid dienone is 2. The molecular weight excluding hydrogens is 775 g/mol. The minimum atomic E-state index is -1.41. The second-order valence-electron chi connectivity index (χ2n) is 18.9. The molecule has 3 aromatic carbocycles. The van der Waals surface area contributed by atoms with Crippen LogP contribution in [0.15, 0.2) is 78.4 Å². The fourth-order valence-electron chi connectivity index (χ4n) is 11.1. The molecule has 6 atom stereocenters. The van der Waals surface area contributed by atoms with E-state index in [1.807, 2.05) is 81.4 Å². The van der Waals surface area contributed by atoms with E-state index in [-0.39, 0.29) is 36.7 Å². The number of esters is 1. The van der Waals surface area contributed by atoms with Crippen LogP contribution in [0.25, 0.3) is 10.1 Å². The quantitative estimate of drug-likeness (QED) is 0.0973. The summed E-state index contributed by atoms with van der Waals surface area (Å²) in [6.07, 6.45) is 6.58. The van der Waals surface area contributed by atoms with Crippen LogP contribution in [0.2, 0.25) is 0 Å². The van der Waals surface area contributed by atoms with Gasteiger partial charge in [0.15, 0.2) is 5.60 Å². The third kappa shape index (κ3) is 6.68. The fourth-order valence-corrected chi connectivity index (χ4v) is 12.1. The van der Waals surface area contributed by atoms with Crippen LogP contribution in [0.1, 0.15) is 124 Å². The molecule has 9 nitrogen and oxygen atoms in total. The number of hydrogen-bond acceptors (Lipinski definition) is 9. The molecule has 4 aromatic rings. The average molecular weight is 834 g/mol. The Labute approximate surface area is 357 Å². The number of aliphatic hydroxyl groups is 2. The minimum absolute atomic E-state index is 0.0212. The molecule has 0 radical (unpaired) electrons. The van der Waals surface area contributed by atoms with Crippen molar-refractivity contribution in [2.24, 2.45) is 16.2 Å². The summed E-state index contributed by atoms with van der Waals surface area (Å²) in [6, 6.07) is 21.5. The molecule has 318 valence electrons. The first-order valence-corrected chi connectivity index (χ1v) is 22.3. The first kappa shape index (κ1) is 42.2. The Morgan fingerprint density at radius 2 is 1.72 bits per heavy atom. The van der Waals surface area contributed by atoms with E-state index in [0.717, 1.165) is 33.2 Å². The second kappa shape index (κ2) is 15.4. The van der Waals surface area contributed by atoms with Crippen LogP contribution in [0.3, 0.4) is 0 Å². The molecule has 2 N–H and O–H groups in total. The zero-order valence-corrected chi connectivity index (χ0v) is 36.9. The lowest BCUT2D eigenvalue weighted by Gasteiger charge is -2.47. The predicted molar refractivity (Wildman–Crippen MR) is 234 cm³/mol. The molecule has 2 saturated carbocycles. The van der Waals surface area contributed by atoms with Crippen LogP contribution in [-0.4, -0.2) is 70.8 Å². The Balaban J connectivity index is 1.24. The smallest absolute Gasteiger partial charge is 0.313 e. The average Bonchev–Trinajstić information content (AvgIpc) is 3.88.